The van der Waals surface area contributed by atoms with Gasteiger partial charge < -0.3 is 15.5 Å². The summed E-state index contributed by atoms with van der Waals surface area (Å²) in [5, 5.41) is 7.50. The molecule has 0 amide bonds. The van der Waals surface area contributed by atoms with Crippen LogP contribution in [0.4, 0.5) is 0 Å². The maximum Gasteiger partial charge on any atom is 0.166 e. The first-order valence-corrected chi connectivity index (χ1v) is 6.42. The van der Waals surface area contributed by atoms with Gasteiger partial charge in [0.15, 0.2) is 5.11 Å². The topological polar surface area (TPSA) is 28.5 Å². The highest BCUT2D eigenvalue weighted by Gasteiger charge is 2.14. The van der Waals surface area contributed by atoms with Crippen LogP contribution in [0, 0.1) is 0 Å². The molecule has 3 N–H and O–H groups in total. The van der Waals surface area contributed by atoms with Gasteiger partial charge in [0.1, 0.15) is 0 Å². The van der Waals surface area contributed by atoms with Crippen molar-refractivity contribution in [3.8, 4) is 0 Å². The van der Waals surface area contributed by atoms with Crippen molar-refractivity contribution in [1.29, 1.82) is 0 Å². The van der Waals surface area contributed by atoms with Gasteiger partial charge in [-0.2, -0.15) is 0 Å². The molecule has 88 valence electrons. The number of hydrogen-bond donors (Lipinski definition) is 3. The number of rotatable bonds is 5. The average Bonchev–Trinajstić information content (AvgIpc) is 2.64. The smallest absolute Gasteiger partial charge is 0.166 e. The van der Waals surface area contributed by atoms with Gasteiger partial charge in [0.05, 0.1) is 20.6 Å². The van der Waals surface area contributed by atoms with Crippen LogP contribution in [0.5, 0.6) is 0 Å². The summed E-state index contributed by atoms with van der Waals surface area (Å²) in [7, 11) is 4.35. The number of quaternary nitrogens is 1. The zero-order valence-corrected chi connectivity index (χ0v) is 10.8. The maximum absolute atomic E-state index is 5.24. The molecule has 0 spiro atoms. The standard InChI is InChI=1S/C11H23N3S/c1-14(2)9-5-8-12-11(15)13-10-6-3-4-7-10/h10H,3-9H2,1-2H3,(H2,12,13,15)/p+1. The minimum Gasteiger partial charge on any atom is -0.363 e. The largest absolute Gasteiger partial charge is 0.363 e. The molecule has 0 saturated heterocycles. The van der Waals surface area contributed by atoms with Gasteiger partial charge in [-0.15, -0.1) is 0 Å². The molecule has 0 aromatic carbocycles. The van der Waals surface area contributed by atoms with Gasteiger partial charge in [-0.3, -0.25) is 0 Å². The van der Waals surface area contributed by atoms with Gasteiger partial charge in [-0.05, 0) is 25.1 Å². The van der Waals surface area contributed by atoms with Gasteiger partial charge >= 0.3 is 0 Å². The summed E-state index contributed by atoms with van der Waals surface area (Å²) in [6.07, 6.45) is 6.44. The third-order valence-corrected chi connectivity index (χ3v) is 3.09. The molecule has 0 unspecified atom stereocenters. The number of hydrogen-bond acceptors (Lipinski definition) is 1. The molecule has 3 nitrogen and oxygen atoms in total. The fraction of sp³-hybridized carbons (Fsp3) is 0.909. The van der Waals surface area contributed by atoms with E-state index >= 15 is 0 Å². The van der Waals surface area contributed by atoms with Gasteiger partial charge in [0.25, 0.3) is 0 Å². The predicted octanol–water partition coefficient (Wildman–Crippen LogP) is -0.0723. The van der Waals surface area contributed by atoms with Crippen molar-refractivity contribution < 1.29 is 4.90 Å². The van der Waals surface area contributed by atoms with Crippen molar-refractivity contribution in [2.24, 2.45) is 0 Å². The first-order valence-electron chi connectivity index (χ1n) is 6.02. The van der Waals surface area contributed by atoms with Crippen molar-refractivity contribution in [3.63, 3.8) is 0 Å². The molecule has 0 atom stereocenters. The molecule has 0 aromatic heterocycles. The minimum atomic E-state index is 0.629. The zero-order chi connectivity index (χ0) is 11.1. The predicted molar refractivity (Wildman–Crippen MR) is 68.3 cm³/mol. The molecular formula is C11H24N3S+. The lowest BCUT2D eigenvalue weighted by molar-refractivity contribution is -0.858. The highest BCUT2D eigenvalue weighted by molar-refractivity contribution is 7.80. The Morgan fingerprint density at radius 1 is 1.33 bits per heavy atom. The minimum absolute atomic E-state index is 0.629. The van der Waals surface area contributed by atoms with E-state index < -0.39 is 0 Å². The molecule has 1 saturated carbocycles. The molecule has 1 fully saturated rings. The van der Waals surface area contributed by atoms with E-state index in [4.69, 9.17) is 12.2 Å². The number of nitrogens with one attached hydrogen (secondary N) is 3. The zero-order valence-electron chi connectivity index (χ0n) is 9.94. The third kappa shape index (κ3) is 5.95. The molecular weight excluding hydrogens is 206 g/mol. The Hall–Kier alpha value is -0.350. The summed E-state index contributed by atoms with van der Waals surface area (Å²) in [6.45, 7) is 2.18. The van der Waals surface area contributed by atoms with E-state index in [-0.39, 0.29) is 0 Å². The van der Waals surface area contributed by atoms with E-state index in [1.807, 2.05) is 0 Å². The summed E-state index contributed by atoms with van der Waals surface area (Å²) in [6, 6.07) is 0.629. The van der Waals surface area contributed by atoms with Gasteiger partial charge in [0, 0.05) is 19.0 Å². The summed E-state index contributed by atoms with van der Waals surface area (Å²) in [4.78, 5) is 1.49. The summed E-state index contributed by atoms with van der Waals surface area (Å²) in [5.74, 6) is 0. The molecule has 0 heterocycles. The van der Waals surface area contributed by atoms with Crippen LogP contribution in [0.3, 0.4) is 0 Å². The summed E-state index contributed by atoms with van der Waals surface area (Å²) in [5.41, 5.74) is 0. The molecule has 0 radical (unpaired) electrons. The molecule has 15 heavy (non-hydrogen) atoms. The summed E-state index contributed by atoms with van der Waals surface area (Å²) < 4.78 is 0. The lowest BCUT2D eigenvalue weighted by Crippen LogP contribution is -3.05. The lowest BCUT2D eigenvalue weighted by Gasteiger charge is -2.15. The van der Waals surface area contributed by atoms with Gasteiger partial charge in [-0.25, -0.2) is 0 Å². The quantitative estimate of drug-likeness (QED) is 0.456. The summed E-state index contributed by atoms with van der Waals surface area (Å²) >= 11 is 5.24. The molecule has 0 aromatic rings. The van der Waals surface area contributed by atoms with Crippen molar-refractivity contribution in [2.75, 3.05) is 27.2 Å². The van der Waals surface area contributed by atoms with Gasteiger partial charge in [-0.1, -0.05) is 12.8 Å². The van der Waals surface area contributed by atoms with E-state index in [1.165, 1.54) is 43.5 Å². The second kappa shape index (κ2) is 7.01. The van der Waals surface area contributed by atoms with E-state index in [0.717, 1.165) is 11.7 Å². The monoisotopic (exact) mass is 230 g/mol. The van der Waals surface area contributed by atoms with Crippen LogP contribution >= 0.6 is 12.2 Å². The highest BCUT2D eigenvalue weighted by atomic mass is 32.1. The van der Waals surface area contributed by atoms with Crippen molar-refractivity contribution in [1.82, 2.24) is 10.6 Å². The van der Waals surface area contributed by atoms with Crippen molar-refractivity contribution in [3.05, 3.63) is 0 Å². The van der Waals surface area contributed by atoms with Gasteiger partial charge in [0.2, 0.25) is 0 Å². The van der Waals surface area contributed by atoms with E-state index in [2.05, 4.69) is 24.7 Å². The first kappa shape index (κ1) is 12.7. The lowest BCUT2D eigenvalue weighted by atomic mass is 10.3. The van der Waals surface area contributed by atoms with Crippen LogP contribution in [0.25, 0.3) is 0 Å². The SMILES string of the molecule is C[NH+](C)CCCNC(=S)NC1CCCC1. The molecule has 1 aliphatic rings. The fourth-order valence-electron chi connectivity index (χ4n) is 1.95. The number of thiocarbonyl (C=S) groups is 1. The average molecular weight is 230 g/mol. The van der Waals surface area contributed by atoms with Crippen LogP contribution in [-0.4, -0.2) is 38.3 Å². The van der Waals surface area contributed by atoms with E-state index in [0.29, 0.717) is 6.04 Å². The molecule has 4 heteroatoms. The maximum atomic E-state index is 5.24. The normalized spacial score (nSPS) is 17.0. The Labute approximate surface area is 98.6 Å². The molecule has 1 rings (SSSR count). The Kier molecular flexibility index (Phi) is 5.95. The Morgan fingerprint density at radius 3 is 2.60 bits per heavy atom. The van der Waals surface area contributed by atoms with E-state index in [9.17, 15) is 0 Å². The van der Waals surface area contributed by atoms with Crippen molar-refractivity contribution in [2.45, 2.75) is 38.1 Å². The van der Waals surface area contributed by atoms with E-state index in [1.54, 1.807) is 0 Å². The van der Waals surface area contributed by atoms with Crippen molar-refractivity contribution >= 4 is 17.3 Å². The van der Waals surface area contributed by atoms with Crippen LogP contribution in [0.15, 0.2) is 0 Å². The highest BCUT2D eigenvalue weighted by Crippen LogP contribution is 2.17. The third-order valence-electron chi connectivity index (χ3n) is 2.83. The van der Waals surface area contributed by atoms with Crippen LogP contribution in [-0.2, 0) is 0 Å². The molecule has 0 aliphatic heterocycles. The Balaban J connectivity index is 1.98. The molecule has 1 aliphatic carbocycles. The van der Waals surface area contributed by atoms with Crippen LogP contribution < -0.4 is 15.5 Å². The second-order valence-electron chi connectivity index (χ2n) is 4.69. The fourth-order valence-corrected chi connectivity index (χ4v) is 2.22. The van der Waals surface area contributed by atoms with Crippen LogP contribution in [0.1, 0.15) is 32.1 Å². The second-order valence-corrected chi connectivity index (χ2v) is 5.10. The van der Waals surface area contributed by atoms with Crippen LogP contribution in [0.2, 0.25) is 0 Å². The Bertz CT molecular complexity index is 188. The Morgan fingerprint density at radius 2 is 2.00 bits per heavy atom. The first-order chi connectivity index (χ1) is 7.18. The molecule has 0 bridgehead atoms.